The van der Waals surface area contributed by atoms with E-state index in [1.807, 2.05) is 5.32 Å². The van der Waals surface area contributed by atoms with Gasteiger partial charge in [-0.2, -0.15) is 13.2 Å². The molecule has 1 saturated carbocycles. The molecule has 2 N–H and O–H groups in total. The van der Waals surface area contributed by atoms with Crippen molar-refractivity contribution >= 4 is 25.7 Å². The summed E-state index contributed by atoms with van der Waals surface area (Å²) in [5.74, 6) is -2.00. The fourth-order valence-corrected chi connectivity index (χ4v) is 3.28. The summed E-state index contributed by atoms with van der Waals surface area (Å²) in [6.45, 7) is -0.0306. The van der Waals surface area contributed by atoms with Crippen LogP contribution < -0.4 is 5.32 Å². The first-order valence-corrected chi connectivity index (χ1v) is 7.09. The van der Waals surface area contributed by atoms with Crippen molar-refractivity contribution in [3.63, 3.8) is 0 Å². The zero-order chi connectivity index (χ0) is 12.3. The largest absolute Gasteiger partial charge is 0.471 e. The third kappa shape index (κ3) is 3.79. The lowest BCUT2D eigenvalue weighted by molar-refractivity contribution is -0.173. The van der Waals surface area contributed by atoms with Crippen LogP contribution in [0.2, 0.25) is 0 Å². The van der Waals surface area contributed by atoms with Crippen LogP contribution in [0.25, 0.3) is 0 Å². The van der Waals surface area contributed by atoms with Crippen LogP contribution in [0.4, 0.5) is 13.2 Å². The van der Waals surface area contributed by atoms with Gasteiger partial charge < -0.3 is 10.4 Å². The van der Waals surface area contributed by atoms with Crippen molar-refractivity contribution in [3.05, 3.63) is 0 Å². The van der Waals surface area contributed by atoms with E-state index >= 15 is 0 Å². The van der Waals surface area contributed by atoms with E-state index in [4.69, 9.17) is 0 Å². The normalized spacial score (nSPS) is 30.4. The van der Waals surface area contributed by atoms with Crippen molar-refractivity contribution in [3.8, 4) is 0 Å². The quantitative estimate of drug-likeness (QED) is 0.764. The maximum absolute atomic E-state index is 11.9. The molecular formula is C8H13F3NO2PS. The number of aliphatic hydroxyl groups is 1. The van der Waals surface area contributed by atoms with Gasteiger partial charge in [0.1, 0.15) is 0 Å². The average Bonchev–Trinajstić information content (AvgIpc) is 2.54. The van der Waals surface area contributed by atoms with Gasteiger partial charge in [0.2, 0.25) is 0 Å². The lowest BCUT2D eigenvalue weighted by atomic mass is 10.1. The van der Waals surface area contributed by atoms with Gasteiger partial charge in [-0.25, -0.2) is 0 Å². The number of rotatable bonds is 3. The molecule has 4 atom stereocenters. The molecule has 0 heterocycles. The number of carbonyl (C=O) groups excluding carboxylic acids is 1. The highest BCUT2D eigenvalue weighted by Gasteiger charge is 2.39. The summed E-state index contributed by atoms with van der Waals surface area (Å²) in [6.07, 6.45) is -4.28. The third-order valence-electron chi connectivity index (χ3n) is 2.55. The fraction of sp³-hybridized carbons (Fsp3) is 0.875. The standard InChI is InChI=1S/C8H13F3NO2PS/c9-8(10,11)7(14)12-3-4-1-5(13)6(2-4)16-15/h4-6,13H,1-3,15H2,(H,12,14)/t4-,5+,6+/m1/s1. The molecule has 0 aromatic rings. The summed E-state index contributed by atoms with van der Waals surface area (Å²) in [5.41, 5.74) is 0. The minimum atomic E-state index is -4.83. The Morgan fingerprint density at radius 2 is 2.12 bits per heavy atom. The number of hydrogen-bond acceptors (Lipinski definition) is 3. The van der Waals surface area contributed by atoms with Crippen LogP contribution >= 0.6 is 19.8 Å². The molecular weight excluding hydrogens is 262 g/mol. The lowest BCUT2D eigenvalue weighted by Crippen LogP contribution is -2.39. The smallest absolute Gasteiger partial charge is 0.392 e. The van der Waals surface area contributed by atoms with Crippen LogP contribution in [0.15, 0.2) is 0 Å². The van der Waals surface area contributed by atoms with E-state index in [0.29, 0.717) is 12.8 Å². The predicted molar refractivity (Wildman–Crippen MR) is 58.9 cm³/mol. The Bertz CT molecular complexity index is 264. The van der Waals surface area contributed by atoms with Crippen LogP contribution in [-0.2, 0) is 4.79 Å². The predicted octanol–water partition coefficient (Wildman–Crippen LogP) is 1.33. The third-order valence-corrected chi connectivity index (χ3v) is 4.46. The Labute approximate surface area is 97.5 Å². The molecule has 3 nitrogen and oxygen atoms in total. The molecule has 1 unspecified atom stereocenters. The zero-order valence-electron chi connectivity index (χ0n) is 8.33. The molecule has 0 radical (unpaired) electrons. The van der Waals surface area contributed by atoms with Crippen LogP contribution in [-0.4, -0.2) is 35.1 Å². The van der Waals surface area contributed by atoms with E-state index < -0.39 is 18.2 Å². The van der Waals surface area contributed by atoms with Gasteiger partial charge in [-0.05, 0) is 18.8 Å². The Balaban J connectivity index is 2.33. The van der Waals surface area contributed by atoms with Crippen molar-refractivity contribution in [1.29, 1.82) is 0 Å². The first kappa shape index (κ1) is 14.1. The summed E-state index contributed by atoms with van der Waals surface area (Å²) in [6, 6.07) is 0. The van der Waals surface area contributed by atoms with E-state index in [2.05, 4.69) is 8.44 Å². The molecule has 1 aliphatic carbocycles. The second-order valence-electron chi connectivity index (χ2n) is 3.79. The van der Waals surface area contributed by atoms with Crippen molar-refractivity contribution < 1.29 is 23.1 Å². The van der Waals surface area contributed by atoms with Gasteiger partial charge in [0.15, 0.2) is 0 Å². The molecule has 1 fully saturated rings. The van der Waals surface area contributed by atoms with Crippen LogP contribution in [0.5, 0.6) is 0 Å². The number of nitrogens with one attached hydrogen (secondary N) is 1. The monoisotopic (exact) mass is 275 g/mol. The summed E-state index contributed by atoms with van der Waals surface area (Å²) in [5, 5.41) is 11.4. The summed E-state index contributed by atoms with van der Waals surface area (Å²) >= 11 is 1.42. The van der Waals surface area contributed by atoms with Gasteiger partial charge in [-0.15, -0.1) is 11.4 Å². The zero-order valence-corrected chi connectivity index (χ0v) is 10.3. The molecule has 16 heavy (non-hydrogen) atoms. The Morgan fingerprint density at radius 3 is 2.56 bits per heavy atom. The van der Waals surface area contributed by atoms with Gasteiger partial charge in [-0.3, -0.25) is 4.79 Å². The van der Waals surface area contributed by atoms with Crippen LogP contribution in [0.3, 0.4) is 0 Å². The topological polar surface area (TPSA) is 49.3 Å². The lowest BCUT2D eigenvalue weighted by Gasteiger charge is -2.12. The average molecular weight is 275 g/mol. The molecule has 0 aromatic heterocycles. The maximum Gasteiger partial charge on any atom is 0.471 e. The highest BCUT2D eigenvalue weighted by Crippen LogP contribution is 2.37. The Morgan fingerprint density at radius 1 is 1.50 bits per heavy atom. The minimum Gasteiger partial charge on any atom is -0.392 e. The highest BCUT2D eigenvalue weighted by atomic mass is 32.7. The summed E-state index contributed by atoms with van der Waals surface area (Å²) in [4.78, 5) is 10.5. The molecule has 8 heteroatoms. The second kappa shape index (κ2) is 5.56. The second-order valence-corrected chi connectivity index (χ2v) is 5.48. The van der Waals surface area contributed by atoms with E-state index in [-0.39, 0.29) is 17.7 Å². The highest BCUT2D eigenvalue weighted by molar-refractivity contribution is 8.44. The number of amides is 1. The number of hydrogen-bond donors (Lipinski definition) is 2. The number of alkyl halides is 3. The first-order chi connectivity index (χ1) is 7.34. The van der Waals surface area contributed by atoms with Crippen molar-refractivity contribution in [2.24, 2.45) is 5.92 Å². The van der Waals surface area contributed by atoms with Crippen molar-refractivity contribution in [1.82, 2.24) is 5.32 Å². The minimum absolute atomic E-state index is 0.0257. The van der Waals surface area contributed by atoms with Gasteiger partial charge >= 0.3 is 12.1 Å². The Hall–Kier alpha value is -0.0000000000000000833. The molecule has 1 amide bonds. The van der Waals surface area contributed by atoms with E-state index in [1.54, 1.807) is 0 Å². The molecule has 1 aliphatic rings. The van der Waals surface area contributed by atoms with Gasteiger partial charge in [-0.1, -0.05) is 8.44 Å². The van der Waals surface area contributed by atoms with Gasteiger partial charge in [0, 0.05) is 11.8 Å². The van der Waals surface area contributed by atoms with Crippen molar-refractivity contribution in [2.75, 3.05) is 6.54 Å². The Kier molecular flexibility index (Phi) is 4.88. The first-order valence-electron chi connectivity index (χ1n) is 4.73. The molecule has 0 aliphatic heterocycles. The van der Waals surface area contributed by atoms with E-state index in [0.717, 1.165) is 0 Å². The van der Waals surface area contributed by atoms with Gasteiger partial charge in [0.05, 0.1) is 6.10 Å². The number of halogens is 3. The fourth-order valence-electron chi connectivity index (χ4n) is 1.73. The number of carbonyl (C=O) groups is 1. The van der Waals surface area contributed by atoms with E-state index in [1.165, 1.54) is 11.4 Å². The molecule has 0 spiro atoms. The molecule has 0 bridgehead atoms. The van der Waals surface area contributed by atoms with Gasteiger partial charge in [0.25, 0.3) is 0 Å². The molecule has 1 rings (SSSR count). The molecule has 0 aromatic carbocycles. The molecule has 0 saturated heterocycles. The van der Waals surface area contributed by atoms with Crippen LogP contribution in [0, 0.1) is 5.92 Å². The van der Waals surface area contributed by atoms with E-state index in [9.17, 15) is 23.1 Å². The van der Waals surface area contributed by atoms with Crippen molar-refractivity contribution in [2.45, 2.75) is 30.4 Å². The summed E-state index contributed by atoms with van der Waals surface area (Å²) < 4.78 is 35.6. The van der Waals surface area contributed by atoms with Crippen LogP contribution in [0.1, 0.15) is 12.8 Å². The maximum atomic E-state index is 11.9. The number of aliphatic hydroxyl groups excluding tert-OH is 1. The SMILES string of the molecule is O=C(NC[C@H]1C[C@H](SP)[C@@H](O)C1)C(F)(F)F. The summed E-state index contributed by atoms with van der Waals surface area (Å²) in [7, 11) is 2.43. The molecule has 94 valence electrons.